The van der Waals surface area contributed by atoms with Crippen LogP contribution in [0.5, 0.6) is 0 Å². The molecule has 1 N–H and O–H groups in total. The fourth-order valence-corrected chi connectivity index (χ4v) is 3.44. The van der Waals surface area contributed by atoms with Crippen LogP contribution in [0.15, 0.2) is 46.2 Å². The highest BCUT2D eigenvalue weighted by Gasteiger charge is 2.17. The smallest absolute Gasteiger partial charge is 0.230 e. The SMILES string of the molecule is CCn1c(SCC(=O)NCc2ccc(Cl)cc2)nnc1-c1ccoc1C. The maximum atomic E-state index is 12.1. The molecule has 3 rings (SSSR count). The van der Waals surface area contributed by atoms with E-state index in [2.05, 4.69) is 15.5 Å². The number of halogens is 1. The zero-order valence-electron chi connectivity index (χ0n) is 14.5. The van der Waals surface area contributed by atoms with Gasteiger partial charge in [0.05, 0.1) is 17.6 Å². The summed E-state index contributed by atoms with van der Waals surface area (Å²) in [6, 6.07) is 9.27. The van der Waals surface area contributed by atoms with E-state index in [0.29, 0.717) is 23.3 Å². The molecule has 0 aliphatic carbocycles. The third-order valence-electron chi connectivity index (χ3n) is 3.87. The average molecular weight is 391 g/mol. The number of rotatable bonds is 7. The molecule has 0 saturated heterocycles. The minimum Gasteiger partial charge on any atom is -0.469 e. The van der Waals surface area contributed by atoms with Gasteiger partial charge >= 0.3 is 0 Å². The molecule has 0 atom stereocenters. The molecule has 0 unspecified atom stereocenters. The van der Waals surface area contributed by atoms with E-state index in [4.69, 9.17) is 16.0 Å². The number of aryl methyl sites for hydroxylation is 1. The summed E-state index contributed by atoms with van der Waals surface area (Å²) in [4.78, 5) is 12.1. The van der Waals surface area contributed by atoms with Crippen molar-refractivity contribution in [1.82, 2.24) is 20.1 Å². The van der Waals surface area contributed by atoms with Crippen LogP contribution in [0.4, 0.5) is 0 Å². The fraction of sp³-hybridized carbons (Fsp3) is 0.278. The molecule has 3 aromatic rings. The molecule has 0 aliphatic rings. The van der Waals surface area contributed by atoms with Crippen LogP contribution in [-0.4, -0.2) is 26.4 Å². The number of hydrogen-bond acceptors (Lipinski definition) is 5. The van der Waals surface area contributed by atoms with Crippen molar-refractivity contribution in [1.29, 1.82) is 0 Å². The van der Waals surface area contributed by atoms with Crippen molar-refractivity contribution in [2.75, 3.05) is 5.75 Å². The van der Waals surface area contributed by atoms with Crippen LogP contribution in [0.25, 0.3) is 11.4 Å². The van der Waals surface area contributed by atoms with Crippen molar-refractivity contribution >= 4 is 29.3 Å². The minimum atomic E-state index is -0.0587. The zero-order chi connectivity index (χ0) is 18.5. The molecule has 0 saturated carbocycles. The first-order valence-electron chi connectivity index (χ1n) is 8.20. The van der Waals surface area contributed by atoms with Gasteiger partial charge in [-0.05, 0) is 37.6 Å². The summed E-state index contributed by atoms with van der Waals surface area (Å²) in [6.45, 7) is 5.09. The predicted molar refractivity (Wildman–Crippen MR) is 102 cm³/mol. The molecule has 2 aromatic heterocycles. The number of hydrogen-bond donors (Lipinski definition) is 1. The lowest BCUT2D eigenvalue weighted by Crippen LogP contribution is -2.24. The standard InChI is InChI=1S/C18H19ClN4O2S/c1-3-23-17(15-8-9-25-12(15)2)21-22-18(23)26-11-16(24)20-10-13-4-6-14(19)7-5-13/h4-9H,3,10-11H2,1-2H3,(H,20,24). The molecule has 136 valence electrons. The van der Waals surface area contributed by atoms with E-state index < -0.39 is 0 Å². The molecule has 1 aromatic carbocycles. The number of carbonyl (C=O) groups is 1. The average Bonchev–Trinajstić information content (AvgIpc) is 3.24. The normalized spacial score (nSPS) is 10.9. The summed E-state index contributed by atoms with van der Waals surface area (Å²) in [5.74, 6) is 1.76. The van der Waals surface area contributed by atoms with Crippen LogP contribution in [0, 0.1) is 6.92 Å². The van der Waals surface area contributed by atoms with Gasteiger partial charge in [0, 0.05) is 18.1 Å². The Kier molecular flexibility index (Phi) is 6.00. The van der Waals surface area contributed by atoms with Gasteiger partial charge in [0.2, 0.25) is 5.91 Å². The zero-order valence-corrected chi connectivity index (χ0v) is 16.1. The number of benzene rings is 1. The molecule has 2 heterocycles. The van der Waals surface area contributed by atoms with E-state index in [1.807, 2.05) is 36.6 Å². The molecule has 0 spiro atoms. The van der Waals surface area contributed by atoms with Crippen LogP contribution in [0.2, 0.25) is 5.02 Å². The second kappa shape index (κ2) is 8.42. The van der Waals surface area contributed by atoms with E-state index in [9.17, 15) is 4.79 Å². The largest absolute Gasteiger partial charge is 0.469 e. The number of carbonyl (C=O) groups excluding carboxylic acids is 1. The maximum Gasteiger partial charge on any atom is 0.230 e. The Hall–Kier alpha value is -2.25. The molecular formula is C18H19ClN4O2S. The van der Waals surface area contributed by atoms with Crippen molar-refractivity contribution in [2.45, 2.75) is 32.1 Å². The van der Waals surface area contributed by atoms with E-state index in [-0.39, 0.29) is 11.7 Å². The molecule has 0 radical (unpaired) electrons. The van der Waals surface area contributed by atoms with Gasteiger partial charge in [0.1, 0.15) is 5.76 Å². The number of thioether (sulfide) groups is 1. The third-order valence-corrected chi connectivity index (χ3v) is 5.09. The van der Waals surface area contributed by atoms with Crippen LogP contribution < -0.4 is 5.32 Å². The molecule has 6 nitrogen and oxygen atoms in total. The van der Waals surface area contributed by atoms with Gasteiger partial charge in [-0.3, -0.25) is 4.79 Å². The Bertz CT molecular complexity index is 889. The number of furan rings is 1. The van der Waals surface area contributed by atoms with Gasteiger partial charge in [-0.25, -0.2) is 0 Å². The second-order valence-corrected chi connectivity index (χ2v) is 7.01. The Labute approximate surface area is 160 Å². The molecule has 0 aliphatic heterocycles. The second-order valence-electron chi connectivity index (χ2n) is 5.63. The first-order valence-corrected chi connectivity index (χ1v) is 9.56. The van der Waals surface area contributed by atoms with Crippen molar-refractivity contribution < 1.29 is 9.21 Å². The monoisotopic (exact) mass is 390 g/mol. The highest BCUT2D eigenvalue weighted by molar-refractivity contribution is 7.99. The fourth-order valence-electron chi connectivity index (χ4n) is 2.48. The summed E-state index contributed by atoms with van der Waals surface area (Å²) >= 11 is 7.22. The topological polar surface area (TPSA) is 73.0 Å². The molecule has 26 heavy (non-hydrogen) atoms. The van der Waals surface area contributed by atoms with Gasteiger partial charge in [-0.15, -0.1) is 10.2 Å². The van der Waals surface area contributed by atoms with Crippen LogP contribution in [0.1, 0.15) is 18.2 Å². The summed E-state index contributed by atoms with van der Waals surface area (Å²) in [6.07, 6.45) is 1.64. The Balaban J connectivity index is 1.59. The summed E-state index contributed by atoms with van der Waals surface area (Å²) in [5, 5.41) is 12.8. The van der Waals surface area contributed by atoms with Gasteiger partial charge < -0.3 is 14.3 Å². The van der Waals surface area contributed by atoms with Crippen molar-refractivity contribution in [2.24, 2.45) is 0 Å². The van der Waals surface area contributed by atoms with Crippen molar-refractivity contribution in [3.63, 3.8) is 0 Å². The van der Waals surface area contributed by atoms with E-state index in [0.717, 1.165) is 22.7 Å². The lowest BCUT2D eigenvalue weighted by molar-refractivity contribution is -0.118. The minimum absolute atomic E-state index is 0.0587. The Morgan fingerprint density at radius 2 is 2.04 bits per heavy atom. The quantitative estimate of drug-likeness (QED) is 0.619. The molecule has 0 fully saturated rings. The van der Waals surface area contributed by atoms with Crippen molar-refractivity contribution in [3.05, 3.63) is 52.9 Å². The van der Waals surface area contributed by atoms with Gasteiger partial charge in [-0.1, -0.05) is 35.5 Å². The number of nitrogens with zero attached hydrogens (tertiary/aromatic N) is 3. The lowest BCUT2D eigenvalue weighted by Gasteiger charge is -2.07. The van der Waals surface area contributed by atoms with Crippen LogP contribution in [0.3, 0.4) is 0 Å². The lowest BCUT2D eigenvalue weighted by atomic mass is 10.2. The predicted octanol–water partition coefficient (Wildman–Crippen LogP) is 3.93. The first kappa shape index (κ1) is 18.5. The van der Waals surface area contributed by atoms with E-state index >= 15 is 0 Å². The van der Waals surface area contributed by atoms with Crippen LogP contribution in [-0.2, 0) is 17.9 Å². The molecule has 0 bridgehead atoms. The Morgan fingerprint density at radius 3 is 2.69 bits per heavy atom. The van der Waals surface area contributed by atoms with Crippen LogP contribution >= 0.6 is 23.4 Å². The number of nitrogens with one attached hydrogen (secondary N) is 1. The van der Waals surface area contributed by atoms with Gasteiger partial charge in [0.15, 0.2) is 11.0 Å². The summed E-state index contributed by atoms with van der Waals surface area (Å²) < 4.78 is 7.33. The highest BCUT2D eigenvalue weighted by atomic mass is 35.5. The molecule has 1 amide bonds. The first-order chi connectivity index (χ1) is 12.6. The maximum absolute atomic E-state index is 12.1. The Morgan fingerprint density at radius 1 is 1.27 bits per heavy atom. The number of aromatic nitrogens is 3. The summed E-state index contributed by atoms with van der Waals surface area (Å²) in [7, 11) is 0. The number of amides is 1. The third kappa shape index (κ3) is 4.28. The summed E-state index contributed by atoms with van der Waals surface area (Å²) in [5.41, 5.74) is 1.92. The van der Waals surface area contributed by atoms with Gasteiger partial charge in [0.25, 0.3) is 0 Å². The highest BCUT2D eigenvalue weighted by Crippen LogP contribution is 2.26. The van der Waals surface area contributed by atoms with E-state index in [1.54, 1.807) is 18.4 Å². The van der Waals surface area contributed by atoms with E-state index in [1.165, 1.54) is 11.8 Å². The molecule has 8 heteroatoms. The van der Waals surface area contributed by atoms with Crippen molar-refractivity contribution in [3.8, 4) is 11.4 Å². The molecular weight excluding hydrogens is 372 g/mol. The van der Waals surface area contributed by atoms with Gasteiger partial charge in [-0.2, -0.15) is 0 Å².